The number of carbonyl (C=O) groups is 1. The molecule has 0 amide bonds. The lowest BCUT2D eigenvalue weighted by Crippen LogP contribution is -2.28. The monoisotopic (exact) mass is 225 g/mol. The Morgan fingerprint density at radius 3 is 2.75 bits per heavy atom. The van der Waals surface area contributed by atoms with E-state index in [2.05, 4.69) is 11.7 Å². The highest BCUT2D eigenvalue weighted by molar-refractivity contribution is 5.90. The molecule has 4 nitrogen and oxygen atoms in total. The average molecular weight is 225 g/mol. The van der Waals surface area contributed by atoms with E-state index in [0.29, 0.717) is 0 Å². The van der Waals surface area contributed by atoms with Crippen LogP contribution in [0, 0.1) is 11.8 Å². The Morgan fingerprint density at radius 1 is 1.50 bits per heavy atom. The van der Waals surface area contributed by atoms with Gasteiger partial charge < -0.3 is 9.94 Å². The van der Waals surface area contributed by atoms with E-state index in [-0.39, 0.29) is 18.5 Å². The lowest BCUT2D eigenvalue weighted by Gasteiger charge is -2.25. The molecular formula is C12H19NO3. The Kier molecular flexibility index (Phi) is 5.61. The van der Waals surface area contributed by atoms with Crippen LogP contribution >= 0.6 is 0 Å². The minimum absolute atomic E-state index is 0.210. The van der Waals surface area contributed by atoms with Crippen molar-refractivity contribution in [3.63, 3.8) is 0 Å². The van der Waals surface area contributed by atoms with E-state index in [4.69, 9.17) is 9.94 Å². The summed E-state index contributed by atoms with van der Waals surface area (Å²) in [5.41, 5.74) is 0. The SMILES string of the molecule is C=CCOC(=O)C(C=NO)C1CCCCC1. The van der Waals surface area contributed by atoms with Gasteiger partial charge in [-0.15, -0.1) is 5.16 Å². The van der Waals surface area contributed by atoms with Crippen LogP contribution in [0.4, 0.5) is 0 Å². The van der Waals surface area contributed by atoms with Gasteiger partial charge in [-0.25, -0.2) is 0 Å². The van der Waals surface area contributed by atoms with Crippen LogP contribution in [-0.4, -0.2) is 24.0 Å². The van der Waals surface area contributed by atoms with Gasteiger partial charge in [-0.05, 0) is 18.8 Å². The third-order valence-electron chi connectivity index (χ3n) is 3.00. The van der Waals surface area contributed by atoms with Crippen LogP contribution in [-0.2, 0) is 9.53 Å². The summed E-state index contributed by atoms with van der Waals surface area (Å²) in [6, 6.07) is 0. The Morgan fingerprint density at radius 2 is 2.19 bits per heavy atom. The molecule has 0 saturated heterocycles. The van der Waals surface area contributed by atoms with Gasteiger partial charge >= 0.3 is 5.97 Å². The third-order valence-corrected chi connectivity index (χ3v) is 3.00. The molecule has 1 rings (SSSR count). The van der Waals surface area contributed by atoms with E-state index >= 15 is 0 Å². The van der Waals surface area contributed by atoms with E-state index in [1.54, 1.807) is 0 Å². The minimum atomic E-state index is -0.412. The maximum Gasteiger partial charge on any atom is 0.315 e. The Bertz CT molecular complexity index is 257. The van der Waals surface area contributed by atoms with Gasteiger partial charge in [0.25, 0.3) is 0 Å². The van der Waals surface area contributed by atoms with Gasteiger partial charge in [0.2, 0.25) is 0 Å². The minimum Gasteiger partial charge on any atom is -0.461 e. The first kappa shape index (κ1) is 12.7. The summed E-state index contributed by atoms with van der Waals surface area (Å²) in [5.74, 6) is -0.475. The Balaban J connectivity index is 2.57. The molecule has 90 valence electrons. The van der Waals surface area contributed by atoms with Crippen molar-refractivity contribution in [1.29, 1.82) is 0 Å². The van der Waals surface area contributed by atoms with E-state index in [1.165, 1.54) is 18.7 Å². The Hall–Kier alpha value is -1.32. The molecule has 0 aromatic heterocycles. The Labute approximate surface area is 96.0 Å². The fourth-order valence-electron chi connectivity index (χ4n) is 2.18. The quantitative estimate of drug-likeness (QED) is 0.257. The van der Waals surface area contributed by atoms with Crippen molar-refractivity contribution in [3.05, 3.63) is 12.7 Å². The molecule has 1 atom stereocenters. The summed E-state index contributed by atoms with van der Waals surface area (Å²) in [5, 5.41) is 11.6. The van der Waals surface area contributed by atoms with Crippen molar-refractivity contribution in [3.8, 4) is 0 Å². The smallest absolute Gasteiger partial charge is 0.315 e. The first-order valence-corrected chi connectivity index (χ1v) is 5.74. The molecule has 1 fully saturated rings. The molecule has 0 aliphatic heterocycles. The van der Waals surface area contributed by atoms with Gasteiger partial charge in [-0.1, -0.05) is 31.9 Å². The lowest BCUT2D eigenvalue weighted by molar-refractivity contribution is -0.146. The molecule has 1 unspecified atom stereocenters. The standard InChI is InChI=1S/C12H19NO3/c1-2-8-16-12(14)11(9-13-15)10-6-4-3-5-7-10/h2,9-11,15H,1,3-8H2. The zero-order chi connectivity index (χ0) is 11.8. The summed E-state index contributed by atoms with van der Waals surface area (Å²) in [6.45, 7) is 3.70. The largest absolute Gasteiger partial charge is 0.461 e. The van der Waals surface area contributed by atoms with Crippen LogP contribution in [0.1, 0.15) is 32.1 Å². The molecule has 4 heteroatoms. The molecule has 1 aliphatic carbocycles. The number of ether oxygens (including phenoxy) is 1. The van der Waals surface area contributed by atoms with Crippen molar-refractivity contribution in [2.75, 3.05) is 6.61 Å². The molecular weight excluding hydrogens is 206 g/mol. The molecule has 0 heterocycles. The van der Waals surface area contributed by atoms with Crippen LogP contribution in [0.15, 0.2) is 17.8 Å². The van der Waals surface area contributed by atoms with Crippen LogP contribution < -0.4 is 0 Å². The number of hydrogen-bond donors (Lipinski definition) is 1. The van der Waals surface area contributed by atoms with Gasteiger partial charge in [0.1, 0.15) is 6.61 Å². The van der Waals surface area contributed by atoms with Crippen LogP contribution in [0.25, 0.3) is 0 Å². The van der Waals surface area contributed by atoms with Crippen molar-refractivity contribution >= 4 is 12.2 Å². The highest BCUT2D eigenvalue weighted by atomic mass is 16.5. The predicted octanol–water partition coefficient (Wildman–Crippen LogP) is 2.37. The normalized spacial score (nSPS) is 19.5. The number of carbonyl (C=O) groups excluding carboxylic acids is 1. The molecule has 0 bridgehead atoms. The molecule has 1 saturated carbocycles. The number of oxime groups is 1. The zero-order valence-corrected chi connectivity index (χ0v) is 9.47. The number of rotatable bonds is 5. The lowest BCUT2D eigenvalue weighted by atomic mass is 9.80. The van der Waals surface area contributed by atoms with Gasteiger partial charge in [0, 0.05) is 0 Å². The number of hydrogen-bond acceptors (Lipinski definition) is 4. The summed E-state index contributed by atoms with van der Waals surface area (Å²) in [4.78, 5) is 11.7. The average Bonchev–Trinajstić information content (AvgIpc) is 2.34. The summed E-state index contributed by atoms with van der Waals surface area (Å²) >= 11 is 0. The van der Waals surface area contributed by atoms with Gasteiger partial charge in [0.05, 0.1) is 12.1 Å². The molecule has 0 radical (unpaired) electrons. The van der Waals surface area contributed by atoms with E-state index < -0.39 is 5.92 Å². The molecule has 0 aromatic carbocycles. The van der Waals surface area contributed by atoms with Gasteiger partial charge in [0.15, 0.2) is 0 Å². The number of esters is 1. The van der Waals surface area contributed by atoms with E-state index in [0.717, 1.165) is 25.7 Å². The second-order valence-corrected chi connectivity index (χ2v) is 4.11. The van der Waals surface area contributed by atoms with Crippen molar-refractivity contribution in [2.45, 2.75) is 32.1 Å². The summed E-state index contributed by atoms with van der Waals surface area (Å²) < 4.78 is 5.00. The van der Waals surface area contributed by atoms with Crippen LogP contribution in [0.3, 0.4) is 0 Å². The van der Waals surface area contributed by atoms with Gasteiger partial charge in [-0.3, -0.25) is 4.79 Å². The fraction of sp³-hybridized carbons (Fsp3) is 0.667. The van der Waals surface area contributed by atoms with Crippen molar-refractivity contribution in [2.24, 2.45) is 17.0 Å². The van der Waals surface area contributed by atoms with Crippen molar-refractivity contribution in [1.82, 2.24) is 0 Å². The maximum atomic E-state index is 11.7. The highest BCUT2D eigenvalue weighted by Gasteiger charge is 2.29. The molecule has 0 aromatic rings. The van der Waals surface area contributed by atoms with Crippen LogP contribution in [0.2, 0.25) is 0 Å². The maximum absolute atomic E-state index is 11.7. The van der Waals surface area contributed by atoms with E-state index in [9.17, 15) is 4.79 Å². The first-order valence-electron chi connectivity index (χ1n) is 5.74. The topological polar surface area (TPSA) is 58.9 Å². The molecule has 1 N–H and O–H groups in total. The number of nitrogens with zero attached hydrogens (tertiary/aromatic N) is 1. The second kappa shape index (κ2) is 7.04. The second-order valence-electron chi connectivity index (χ2n) is 4.11. The van der Waals surface area contributed by atoms with Crippen molar-refractivity contribution < 1.29 is 14.7 Å². The molecule has 1 aliphatic rings. The summed E-state index contributed by atoms with van der Waals surface area (Å²) in [7, 11) is 0. The zero-order valence-electron chi connectivity index (χ0n) is 9.47. The third kappa shape index (κ3) is 3.68. The fourth-order valence-corrected chi connectivity index (χ4v) is 2.18. The molecule has 16 heavy (non-hydrogen) atoms. The summed E-state index contributed by atoms with van der Waals surface area (Å²) in [6.07, 6.45) is 8.32. The predicted molar refractivity (Wildman–Crippen MR) is 61.5 cm³/mol. The van der Waals surface area contributed by atoms with E-state index in [1.807, 2.05) is 0 Å². The van der Waals surface area contributed by atoms with Crippen LogP contribution in [0.5, 0.6) is 0 Å². The highest BCUT2D eigenvalue weighted by Crippen LogP contribution is 2.29. The molecule has 0 spiro atoms. The first-order chi connectivity index (χ1) is 7.79. The van der Waals surface area contributed by atoms with Gasteiger partial charge in [-0.2, -0.15) is 0 Å².